The fourth-order valence-corrected chi connectivity index (χ4v) is 3.36. The Hall–Kier alpha value is -3.80. The quantitative estimate of drug-likeness (QED) is 0.535. The Bertz CT molecular complexity index is 1140. The Kier molecular flexibility index (Phi) is 4.91. The number of aromatic nitrogens is 2. The van der Waals surface area contributed by atoms with Crippen LogP contribution in [0.15, 0.2) is 71.3 Å². The minimum atomic E-state index is -0.469. The van der Waals surface area contributed by atoms with E-state index in [-0.39, 0.29) is 0 Å². The first kappa shape index (κ1) is 18.6. The number of hydrogen-bond acceptors (Lipinski definition) is 4. The number of ether oxygens (including phenoxy) is 1. The van der Waals surface area contributed by atoms with Gasteiger partial charge in [-0.2, -0.15) is 0 Å². The summed E-state index contributed by atoms with van der Waals surface area (Å²) < 4.78 is 12.8. The Balaban J connectivity index is 1.75. The Labute approximate surface area is 168 Å². The van der Waals surface area contributed by atoms with Crippen LogP contribution in [0.1, 0.15) is 21.6 Å². The smallest absolute Gasteiger partial charge is 0.250 e. The van der Waals surface area contributed by atoms with Crippen LogP contribution >= 0.6 is 0 Å². The van der Waals surface area contributed by atoms with Crippen LogP contribution in [-0.2, 0) is 6.54 Å². The molecule has 2 aromatic carbocycles. The van der Waals surface area contributed by atoms with Crippen molar-refractivity contribution in [2.24, 2.45) is 5.73 Å². The summed E-state index contributed by atoms with van der Waals surface area (Å²) in [6.45, 7) is 2.44. The number of nitrogens with zero attached hydrogens (tertiary/aromatic N) is 2. The van der Waals surface area contributed by atoms with Gasteiger partial charge < -0.3 is 19.6 Å². The molecule has 0 atom stereocenters. The largest absolute Gasteiger partial charge is 0.497 e. The van der Waals surface area contributed by atoms with E-state index >= 15 is 0 Å². The van der Waals surface area contributed by atoms with E-state index < -0.39 is 5.91 Å². The molecule has 6 nitrogen and oxygen atoms in total. The van der Waals surface area contributed by atoms with Crippen molar-refractivity contribution in [3.05, 3.63) is 83.6 Å². The van der Waals surface area contributed by atoms with Crippen LogP contribution in [0.25, 0.3) is 22.7 Å². The average Bonchev–Trinajstić information content (AvgIpc) is 3.35. The van der Waals surface area contributed by atoms with Gasteiger partial charge in [-0.05, 0) is 30.7 Å². The van der Waals surface area contributed by atoms with Gasteiger partial charge in [0.1, 0.15) is 11.4 Å². The maximum atomic E-state index is 11.9. The second-order valence-electron chi connectivity index (χ2n) is 6.77. The van der Waals surface area contributed by atoms with Crippen LogP contribution < -0.4 is 10.5 Å². The number of primary amides is 1. The second-order valence-corrected chi connectivity index (χ2v) is 6.77. The van der Waals surface area contributed by atoms with Gasteiger partial charge in [0.05, 0.1) is 18.4 Å². The third kappa shape index (κ3) is 3.65. The van der Waals surface area contributed by atoms with E-state index in [9.17, 15) is 4.79 Å². The molecule has 1 amide bonds. The van der Waals surface area contributed by atoms with E-state index in [2.05, 4.69) is 5.16 Å². The molecule has 29 heavy (non-hydrogen) atoms. The number of rotatable bonds is 6. The third-order valence-corrected chi connectivity index (χ3v) is 4.96. The number of nitrogens with two attached hydrogens (primary N) is 1. The number of benzene rings is 2. The first-order valence-corrected chi connectivity index (χ1v) is 9.22. The molecule has 2 heterocycles. The van der Waals surface area contributed by atoms with Gasteiger partial charge in [0.25, 0.3) is 5.91 Å². The number of amides is 1. The number of carbonyl (C=O) groups is 1. The molecule has 0 fully saturated rings. The maximum Gasteiger partial charge on any atom is 0.250 e. The number of hydrogen-bond donors (Lipinski definition) is 1. The summed E-state index contributed by atoms with van der Waals surface area (Å²) in [6, 6.07) is 21.2. The van der Waals surface area contributed by atoms with E-state index in [1.165, 1.54) is 0 Å². The highest BCUT2D eigenvalue weighted by Crippen LogP contribution is 2.30. The Morgan fingerprint density at radius 2 is 1.83 bits per heavy atom. The standard InChI is InChI=1S/C23H21N3O3/c1-15-19(23(24)27)12-21(26(15)14-16-8-10-18(28-2)11-9-16)20-13-22(29-25-20)17-6-4-3-5-7-17/h3-13H,14H2,1-2H3,(H2,24,27). The zero-order valence-electron chi connectivity index (χ0n) is 16.3. The van der Waals surface area contributed by atoms with Crippen molar-refractivity contribution in [1.29, 1.82) is 0 Å². The zero-order valence-corrected chi connectivity index (χ0v) is 16.3. The summed E-state index contributed by atoms with van der Waals surface area (Å²) in [4.78, 5) is 11.9. The highest BCUT2D eigenvalue weighted by molar-refractivity contribution is 5.95. The molecule has 0 spiro atoms. The SMILES string of the molecule is COc1ccc(Cn2c(-c3cc(-c4ccccc4)on3)cc(C(N)=O)c2C)cc1. The lowest BCUT2D eigenvalue weighted by atomic mass is 10.1. The summed E-state index contributed by atoms with van der Waals surface area (Å²) in [5, 5.41) is 4.24. The highest BCUT2D eigenvalue weighted by atomic mass is 16.5. The first-order chi connectivity index (χ1) is 14.1. The summed E-state index contributed by atoms with van der Waals surface area (Å²) >= 11 is 0. The van der Waals surface area contributed by atoms with E-state index in [1.54, 1.807) is 13.2 Å². The summed E-state index contributed by atoms with van der Waals surface area (Å²) in [5.74, 6) is 0.986. The summed E-state index contributed by atoms with van der Waals surface area (Å²) in [6.07, 6.45) is 0. The number of methoxy groups -OCH3 is 1. The van der Waals surface area contributed by atoms with Gasteiger partial charge in [-0.25, -0.2) is 0 Å². The van der Waals surface area contributed by atoms with Gasteiger partial charge in [0.2, 0.25) is 0 Å². The molecular formula is C23H21N3O3. The fraction of sp³-hybridized carbons (Fsp3) is 0.130. The normalized spacial score (nSPS) is 10.8. The average molecular weight is 387 g/mol. The summed E-state index contributed by atoms with van der Waals surface area (Å²) in [7, 11) is 1.64. The van der Waals surface area contributed by atoms with Gasteiger partial charge >= 0.3 is 0 Å². The van der Waals surface area contributed by atoms with E-state index in [0.717, 1.165) is 28.3 Å². The predicted octanol–water partition coefficient (Wildman–Crippen LogP) is 4.27. The Morgan fingerprint density at radius 1 is 1.10 bits per heavy atom. The number of carbonyl (C=O) groups excluding carboxylic acids is 1. The second kappa shape index (κ2) is 7.67. The first-order valence-electron chi connectivity index (χ1n) is 9.22. The van der Waals surface area contributed by atoms with Crippen molar-refractivity contribution in [1.82, 2.24) is 9.72 Å². The van der Waals surface area contributed by atoms with Crippen LogP contribution in [-0.4, -0.2) is 22.7 Å². The van der Waals surface area contributed by atoms with Gasteiger partial charge in [-0.15, -0.1) is 0 Å². The van der Waals surface area contributed by atoms with Crippen molar-refractivity contribution in [2.75, 3.05) is 7.11 Å². The molecule has 4 rings (SSSR count). The molecule has 6 heteroatoms. The van der Waals surface area contributed by atoms with Crippen LogP contribution in [0.4, 0.5) is 0 Å². The molecule has 2 aromatic heterocycles. The monoisotopic (exact) mass is 387 g/mol. The van der Waals surface area contributed by atoms with Crippen molar-refractivity contribution < 1.29 is 14.1 Å². The predicted molar refractivity (Wildman–Crippen MR) is 111 cm³/mol. The lowest BCUT2D eigenvalue weighted by molar-refractivity contribution is 0.0999. The molecule has 2 N–H and O–H groups in total. The van der Waals surface area contributed by atoms with Crippen molar-refractivity contribution >= 4 is 5.91 Å². The van der Waals surface area contributed by atoms with Crippen molar-refractivity contribution in [2.45, 2.75) is 13.5 Å². The third-order valence-electron chi connectivity index (χ3n) is 4.96. The van der Waals surface area contributed by atoms with Crippen LogP contribution in [0.3, 0.4) is 0 Å². The lowest BCUT2D eigenvalue weighted by Crippen LogP contribution is -2.12. The fourth-order valence-electron chi connectivity index (χ4n) is 3.36. The molecule has 0 radical (unpaired) electrons. The molecule has 0 saturated carbocycles. The highest BCUT2D eigenvalue weighted by Gasteiger charge is 2.20. The molecular weight excluding hydrogens is 366 g/mol. The molecule has 0 saturated heterocycles. The molecule has 0 aliphatic heterocycles. The molecule has 0 unspecified atom stereocenters. The molecule has 0 bridgehead atoms. The molecule has 0 aliphatic rings. The van der Waals surface area contributed by atoms with Gasteiger partial charge in [0.15, 0.2) is 5.76 Å². The van der Waals surface area contributed by atoms with Gasteiger partial charge in [-0.3, -0.25) is 4.79 Å². The molecule has 4 aromatic rings. The van der Waals surface area contributed by atoms with Crippen LogP contribution in [0.2, 0.25) is 0 Å². The zero-order chi connectivity index (χ0) is 20.4. The maximum absolute atomic E-state index is 11.9. The van der Waals surface area contributed by atoms with Gasteiger partial charge in [0, 0.05) is 23.9 Å². The topological polar surface area (TPSA) is 83.3 Å². The van der Waals surface area contributed by atoms with E-state index in [0.29, 0.717) is 23.6 Å². The van der Waals surface area contributed by atoms with Gasteiger partial charge in [-0.1, -0.05) is 47.6 Å². The minimum Gasteiger partial charge on any atom is -0.497 e. The van der Waals surface area contributed by atoms with E-state index in [1.807, 2.05) is 72.2 Å². The molecule has 146 valence electrons. The summed E-state index contributed by atoms with van der Waals surface area (Å²) in [5.41, 5.74) is 10.3. The van der Waals surface area contributed by atoms with Crippen molar-refractivity contribution in [3.63, 3.8) is 0 Å². The van der Waals surface area contributed by atoms with E-state index in [4.69, 9.17) is 15.0 Å². The Morgan fingerprint density at radius 3 is 2.48 bits per heavy atom. The minimum absolute atomic E-state index is 0.469. The van der Waals surface area contributed by atoms with Crippen LogP contribution in [0, 0.1) is 6.92 Å². The van der Waals surface area contributed by atoms with Crippen LogP contribution in [0.5, 0.6) is 5.75 Å². The molecule has 0 aliphatic carbocycles. The lowest BCUT2D eigenvalue weighted by Gasteiger charge is -2.11. The van der Waals surface area contributed by atoms with Crippen molar-refractivity contribution in [3.8, 4) is 28.5 Å².